The van der Waals surface area contributed by atoms with Gasteiger partial charge in [-0.25, -0.2) is 4.98 Å². The minimum absolute atomic E-state index is 0.447. The molecule has 0 unspecified atom stereocenters. The van der Waals surface area contributed by atoms with E-state index in [1.807, 2.05) is 12.1 Å². The van der Waals surface area contributed by atoms with E-state index in [1.165, 1.54) is 0 Å². The summed E-state index contributed by atoms with van der Waals surface area (Å²) >= 11 is 3.25. The molecule has 14 heavy (non-hydrogen) atoms. The molecule has 1 rings (SSSR count). The standard InChI is InChI=1S/C9H9BrN2OS/c10-8-3-4-9(12-7-8)14(13)6-2-1-5-11/h3-4,7H,1-2,6H2/t14-/m0/s1. The lowest BCUT2D eigenvalue weighted by molar-refractivity contribution is 0.678. The van der Waals surface area contributed by atoms with Crippen LogP contribution >= 0.6 is 15.9 Å². The summed E-state index contributed by atoms with van der Waals surface area (Å²) in [5.74, 6) is 0.502. The number of rotatable bonds is 4. The van der Waals surface area contributed by atoms with Gasteiger partial charge in [0.05, 0.1) is 16.9 Å². The molecule has 1 aromatic rings. The predicted molar refractivity (Wildman–Crippen MR) is 58.1 cm³/mol. The van der Waals surface area contributed by atoms with E-state index in [1.54, 1.807) is 12.3 Å². The molecule has 0 aliphatic rings. The molecule has 1 atom stereocenters. The zero-order chi connectivity index (χ0) is 10.4. The number of aromatic nitrogens is 1. The number of unbranched alkanes of at least 4 members (excludes halogenated alkanes) is 1. The first-order valence-electron chi connectivity index (χ1n) is 4.11. The van der Waals surface area contributed by atoms with E-state index in [0.29, 0.717) is 23.6 Å². The van der Waals surface area contributed by atoms with E-state index in [0.717, 1.165) is 4.47 Å². The third-order valence-electron chi connectivity index (χ3n) is 1.55. The zero-order valence-corrected chi connectivity index (χ0v) is 9.84. The van der Waals surface area contributed by atoms with Gasteiger partial charge in [-0.3, -0.25) is 4.21 Å². The molecule has 1 aromatic heterocycles. The van der Waals surface area contributed by atoms with E-state index in [4.69, 9.17) is 5.26 Å². The second-order valence-electron chi connectivity index (χ2n) is 2.63. The summed E-state index contributed by atoms with van der Waals surface area (Å²) in [5.41, 5.74) is 0. The quantitative estimate of drug-likeness (QED) is 0.791. The highest BCUT2D eigenvalue weighted by atomic mass is 79.9. The summed E-state index contributed by atoms with van der Waals surface area (Å²) in [4.78, 5) is 4.03. The Kier molecular flexibility index (Phi) is 4.77. The summed E-state index contributed by atoms with van der Waals surface area (Å²) < 4.78 is 12.4. The largest absolute Gasteiger partial charge is 0.253 e. The van der Waals surface area contributed by atoms with Crippen molar-refractivity contribution in [3.8, 4) is 6.07 Å². The lowest BCUT2D eigenvalue weighted by Gasteiger charge is -1.99. The van der Waals surface area contributed by atoms with Gasteiger partial charge in [-0.15, -0.1) is 0 Å². The molecule has 0 bridgehead atoms. The molecule has 0 radical (unpaired) electrons. The summed E-state index contributed by atoms with van der Waals surface area (Å²) in [6.07, 6.45) is 2.72. The molecular formula is C9H9BrN2OS. The van der Waals surface area contributed by atoms with Gasteiger partial charge in [0.2, 0.25) is 0 Å². The topological polar surface area (TPSA) is 53.8 Å². The molecule has 0 aromatic carbocycles. The van der Waals surface area contributed by atoms with Crippen LogP contribution in [0.1, 0.15) is 12.8 Å². The Balaban J connectivity index is 2.53. The van der Waals surface area contributed by atoms with Gasteiger partial charge in [0, 0.05) is 22.8 Å². The molecule has 0 saturated heterocycles. The summed E-state index contributed by atoms with van der Waals surface area (Å²) in [6.45, 7) is 0. The monoisotopic (exact) mass is 272 g/mol. The molecule has 0 amide bonds. The molecule has 0 spiro atoms. The van der Waals surface area contributed by atoms with Crippen molar-refractivity contribution in [2.45, 2.75) is 17.9 Å². The number of pyridine rings is 1. The number of halogens is 1. The molecule has 0 fully saturated rings. The van der Waals surface area contributed by atoms with Crippen molar-refractivity contribution < 1.29 is 4.21 Å². The van der Waals surface area contributed by atoms with Crippen molar-refractivity contribution in [2.24, 2.45) is 0 Å². The molecule has 0 saturated carbocycles. The highest BCUT2D eigenvalue weighted by Gasteiger charge is 2.04. The van der Waals surface area contributed by atoms with Crippen molar-refractivity contribution in [2.75, 3.05) is 5.75 Å². The molecule has 0 aliphatic heterocycles. The maximum atomic E-state index is 11.6. The Morgan fingerprint density at radius 3 is 2.93 bits per heavy atom. The van der Waals surface area contributed by atoms with Crippen LogP contribution in [0.3, 0.4) is 0 Å². The number of nitriles is 1. The fourth-order valence-corrected chi connectivity index (χ4v) is 2.12. The van der Waals surface area contributed by atoms with E-state index in [9.17, 15) is 4.21 Å². The highest BCUT2D eigenvalue weighted by Crippen LogP contribution is 2.10. The lowest BCUT2D eigenvalue weighted by atomic mass is 10.4. The van der Waals surface area contributed by atoms with Gasteiger partial charge in [-0.05, 0) is 34.5 Å². The average molecular weight is 273 g/mol. The average Bonchev–Trinajstić information content (AvgIpc) is 2.19. The first kappa shape index (κ1) is 11.3. The molecule has 3 nitrogen and oxygen atoms in total. The van der Waals surface area contributed by atoms with Crippen LogP contribution < -0.4 is 0 Å². The second-order valence-corrected chi connectivity index (χ2v) is 5.06. The Hall–Kier alpha value is -0.730. The van der Waals surface area contributed by atoms with Gasteiger partial charge in [0.25, 0.3) is 0 Å². The summed E-state index contributed by atoms with van der Waals surface area (Å²) in [6, 6.07) is 5.56. The van der Waals surface area contributed by atoms with Crippen LogP contribution in [0.5, 0.6) is 0 Å². The zero-order valence-electron chi connectivity index (χ0n) is 7.44. The molecule has 0 aliphatic carbocycles. The lowest BCUT2D eigenvalue weighted by Crippen LogP contribution is -1.99. The van der Waals surface area contributed by atoms with E-state index in [-0.39, 0.29) is 0 Å². The van der Waals surface area contributed by atoms with E-state index >= 15 is 0 Å². The Morgan fingerprint density at radius 1 is 1.57 bits per heavy atom. The smallest absolute Gasteiger partial charge is 0.127 e. The van der Waals surface area contributed by atoms with Crippen molar-refractivity contribution in [3.05, 3.63) is 22.8 Å². The number of hydrogen-bond acceptors (Lipinski definition) is 3. The SMILES string of the molecule is N#CCCC[S@](=O)c1ccc(Br)cn1. The number of nitrogens with zero attached hydrogens (tertiary/aromatic N) is 2. The fraction of sp³-hybridized carbons (Fsp3) is 0.333. The van der Waals surface area contributed by atoms with Crippen LogP contribution in [-0.2, 0) is 10.8 Å². The van der Waals surface area contributed by atoms with Gasteiger partial charge >= 0.3 is 0 Å². The third-order valence-corrected chi connectivity index (χ3v) is 3.39. The van der Waals surface area contributed by atoms with Gasteiger partial charge in [-0.1, -0.05) is 0 Å². The van der Waals surface area contributed by atoms with Crippen LogP contribution in [0.15, 0.2) is 27.8 Å². The maximum absolute atomic E-state index is 11.6. The summed E-state index contributed by atoms with van der Waals surface area (Å²) in [5, 5.41) is 8.89. The van der Waals surface area contributed by atoms with Gasteiger partial charge in [-0.2, -0.15) is 5.26 Å². The number of hydrogen-bond donors (Lipinski definition) is 0. The van der Waals surface area contributed by atoms with E-state index in [2.05, 4.69) is 20.9 Å². The molecule has 0 N–H and O–H groups in total. The molecule has 1 heterocycles. The van der Waals surface area contributed by atoms with Gasteiger partial charge in [0.1, 0.15) is 5.03 Å². The molecule has 5 heteroatoms. The third kappa shape index (κ3) is 3.56. The Bertz CT molecular complexity index is 358. The van der Waals surface area contributed by atoms with Crippen molar-refractivity contribution in [3.63, 3.8) is 0 Å². The predicted octanol–water partition coefficient (Wildman–Crippen LogP) is 2.26. The Morgan fingerprint density at radius 2 is 2.36 bits per heavy atom. The van der Waals surface area contributed by atoms with Crippen molar-refractivity contribution in [1.82, 2.24) is 4.98 Å². The van der Waals surface area contributed by atoms with Crippen LogP contribution in [0.4, 0.5) is 0 Å². The van der Waals surface area contributed by atoms with Crippen LogP contribution in [0, 0.1) is 11.3 Å². The van der Waals surface area contributed by atoms with Gasteiger partial charge in [0.15, 0.2) is 0 Å². The molecule has 74 valence electrons. The minimum Gasteiger partial charge on any atom is -0.253 e. The maximum Gasteiger partial charge on any atom is 0.127 e. The van der Waals surface area contributed by atoms with Crippen LogP contribution in [-0.4, -0.2) is 14.9 Å². The fourth-order valence-electron chi connectivity index (χ4n) is 0.884. The van der Waals surface area contributed by atoms with E-state index < -0.39 is 10.8 Å². The van der Waals surface area contributed by atoms with Crippen molar-refractivity contribution in [1.29, 1.82) is 5.26 Å². The normalized spacial score (nSPS) is 12.0. The first-order valence-corrected chi connectivity index (χ1v) is 6.22. The first-order chi connectivity index (χ1) is 6.74. The van der Waals surface area contributed by atoms with Crippen LogP contribution in [0.25, 0.3) is 0 Å². The van der Waals surface area contributed by atoms with Crippen molar-refractivity contribution >= 4 is 26.7 Å². The highest BCUT2D eigenvalue weighted by molar-refractivity contribution is 9.10. The minimum atomic E-state index is -1.08. The second kappa shape index (κ2) is 5.89. The Labute approximate surface area is 93.7 Å². The molecular weight excluding hydrogens is 264 g/mol. The summed E-state index contributed by atoms with van der Waals surface area (Å²) in [7, 11) is -1.08. The van der Waals surface area contributed by atoms with Crippen LogP contribution in [0.2, 0.25) is 0 Å². The van der Waals surface area contributed by atoms with Gasteiger partial charge < -0.3 is 0 Å².